The smallest absolute Gasteiger partial charge is 0.227 e. The number of hydrogen-bond acceptors (Lipinski definition) is 3. The molecule has 0 saturated carbocycles. The molecule has 0 aliphatic carbocycles. The summed E-state index contributed by atoms with van der Waals surface area (Å²) in [7, 11) is 0. The molecule has 2 rings (SSSR count). The third kappa shape index (κ3) is 3.37. The average molecular weight is 297 g/mol. The average Bonchev–Trinajstić information content (AvgIpc) is 2.38. The third-order valence-electron chi connectivity index (χ3n) is 2.70. The van der Waals surface area contributed by atoms with Gasteiger partial charge in [-0.05, 0) is 37.1 Å². The number of ether oxygens (including phenoxy) is 1. The summed E-state index contributed by atoms with van der Waals surface area (Å²) in [6, 6.07) is 5.48. The summed E-state index contributed by atoms with van der Waals surface area (Å²) in [6.45, 7) is 3.99. The number of nitrogens with zero attached hydrogens (tertiary/aromatic N) is 2. The first-order valence-electron chi connectivity index (χ1n) is 6.05. The number of aromatic nitrogens is 2. The molecule has 0 atom stereocenters. The number of benzene rings is 1. The van der Waals surface area contributed by atoms with Gasteiger partial charge in [0.25, 0.3) is 0 Å². The van der Waals surface area contributed by atoms with Gasteiger partial charge in [-0.3, -0.25) is 0 Å². The van der Waals surface area contributed by atoms with Crippen LogP contribution in [-0.2, 0) is 6.42 Å². The standard InChI is InChI=1S/C14H14Cl2N2O/c1-3-4-11-13(16)17-8-18-14(11)19-10-5-6-12(15)9(2)7-10/h5-8H,3-4H2,1-2H3. The van der Waals surface area contributed by atoms with Crippen molar-refractivity contribution in [3.63, 3.8) is 0 Å². The molecule has 0 saturated heterocycles. The molecule has 100 valence electrons. The van der Waals surface area contributed by atoms with Crippen LogP contribution in [-0.4, -0.2) is 9.97 Å². The van der Waals surface area contributed by atoms with E-state index < -0.39 is 0 Å². The Bertz CT molecular complexity index is 588. The van der Waals surface area contributed by atoms with Gasteiger partial charge in [0, 0.05) is 5.02 Å². The van der Waals surface area contributed by atoms with E-state index in [0.29, 0.717) is 21.8 Å². The van der Waals surface area contributed by atoms with Crippen LogP contribution in [0.4, 0.5) is 0 Å². The van der Waals surface area contributed by atoms with Gasteiger partial charge in [-0.15, -0.1) is 0 Å². The van der Waals surface area contributed by atoms with Crippen LogP contribution in [0.15, 0.2) is 24.5 Å². The van der Waals surface area contributed by atoms with Crippen molar-refractivity contribution in [2.45, 2.75) is 26.7 Å². The minimum absolute atomic E-state index is 0.442. The Morgan fingerprint density at radius 2 is 2.00 bits per heavy atom. The Morgan fingerprint density at radius 3 is 2.68 bits per heavy atom. The molecular weight excluding hydrogens is 283 g/mol. The maximum Gasteiger partial charge on any atom is 0.227 e. The van der Waals surface area contributed by atoms with Crippen LogP contribution in [0.2, 0.25) is 10.2 Å². The highest BCUT2D eigenvalue weighted by Gasteiger charge is 2.11. The van der Waals surface area contributed by atoms with Crippen LogP contribution in [0.3, 0.4) is 0 Å². The first-order chi connectivity index (χ1) is 9.11. The van der Waals surface area contributed by atoms with Crippen molar-refractivity contribution < 1.29 is 4.74 Å². The normalized spacial score (nSPS) is 10.5. The maximum atomic E-state index is 6.08. The highest BCUT2D eigenvalue weighted by atomic mass is 35.5. The van der Waals surface area contributed by atoms with Crippen molar-refractivity contribution in [1.82, 2.24) is 9.97 Å². The molecule has 1 aromatic carbocycles. The fourth-order valence-electron chi connectivity index (χ4n) is 1.72. The largest absolute Gasteiger partial charge is 0.439 e. The van der Waals surface area contributed by atoms with Crippen LogP contribution in [0, 0.1) is 6.92 Å². The minimum Gasteiger partial charge on any atom is -0.439 e. The van der Waals surface area contributed by atoms with E-state index in [1.54, 1.807) is 12.1 Å². The predicted molar refractivity (Wildman–Crippen MR) is 77.3 cm³/mol. The molecule has 0 N–H and O–H groups in total. The lowest BCUT2D eigenvalue weighted by atomic mass is 10.2. The lowest BCUT2D eigenvalue weighted by molar-refractivity contribution is 0.453. The zero-order chi connectivity index (χ0) is 13.8. The zero-order valence-corrected chi connectivity index (χ0v) is 12.3. The summed E-state index contributed by atoms with van der Waals surface area (Å²) >= 11 is 12.1. The topological polar surface area (TPSA) is 35.0 Å². The summed E-state index contributed by atoms with van der Waals surface area (Å²) < 4.78 is 5.78. The first kappa shape index (κ1) is 14.1. The van der Waals surface area contributed by atoms with Gasteiger partial charge in [0.15, 0.2) is 0 Å². The summed E-state index contributed by atoms with van der Waals surface area (Å²) in [5, 5.41) is 1.15. The van der Waals surface area contributed by atoms with E-state index in [1.807, 2.05) is 13.0 Å². The highest BCUT2D eigenvalue weighted by Crippen LogP contribution is 2.29. The molecule has 0 aliphatic rings. The molecule has 0 radical (unpaired) electrons. The van der Waals surface area contributed by atoms with Gasteiger partial charge in [-0.2, -0.15) is 0 Å². The Kier molecular flexibility index (Phi) is 4.61. The molecule has 1 heterocycles. The van der Waals surface area contributed by atoms with Crippen molar-refractivity contribution in [2.75, 3.05) is 0 Å². The number of rotatable bonds is 4. The molecule has 19 heavy (non-hydrogen) atoms. The molecule has 5 heteroatoms. The van der Waals surface area contributed by atoms with Crippen molar-refractivity contribution in [1.29, 1.82) is 0 Å². The summed E-state index contributed by atoms with van der Waals surface area (Å²) in [5.41, 5.74) is 1.79. The fraction of sp³-hybridized carbons (Fsp3) is 0.286. The lowest BCUT2D eigenvalue weighted by Crippen LogP contribution is -1.98. The van der Waals surface area contributed by atoms with E-state index >= 15 is 0 Å². The van der Waals surface area contributed by atoms with E-state index in [9.17, 15) is 0 Å². The predicted octanol–water partition coefficient (Wildman–Crippen LogP) is 4.84. The van der Waals surface area contributed by atoms with E-state index in [2.05, 4.69) is 16.9 Å². The third-order valence-corrected chi connectivity index (χ3v) is 3.45. The number of aryl methyl sites for hydroxylation is 1. The summed E-state index contributed by atoms with van der Waals surface area (Å²) in [6.07, 6.45) is 3.13. The van der Waals surface area contributed by atoms with Crippen LogP contribution < -0.4 is 4.74 Å². The molecule has 0 amide bonds. The SMILES string of the molecule is CCCc1c(Cl)ncnc1Oc1ccc(Cl)c(C)c1. The molecule has 2 aromatic rings. The molecule has 0 spiro atoms. The van der Waals surface area contributed by atoms with Gasteiger partial charge < -0.3 is 4.74 Å². The molecule has 0 fully saturated rings. The minimum atomic E-state index is 0.442. The van der Waals surface area contributed by atoms with Crippen molar-refractivity contribution in [3.8, 4) is 11.6 Å². The van der Waals surface area contributed by atoms with Crippen LogP contribution in [0.1, 0.15) is 24.5 Å². The van der Waals surface area contributed by atoms with Crippen LogP contribution >= 0.6 is 23.2 Å². The van der Waals surface area contributed by atoms with E-state index in [4.69, 9.17) is 27.9 Å². The molecular formula is C14H14Cl2N2O. The quantitative estimate of drug-likeness (QED) is 0.758. The van der Waals surface area contributed by atoms with Crippen molar-refractivity contribution in [3.05, 3.63) is 45.8 Å². The van der Waals surface area contributed by atoms with E-state index in [0.717, 1.165) is 24.0 Å². The molecule has 0 unspecified atom stereocenters. The summed E-state index contributed by atoms with van der Waals surface area (Å²) in [5.74, 6) is 1.19. The van der Waals surface area contributed by atoms with E-state index in [-0.39, 0.29) is 0 Å². The number of halogens is 2. The van der Waals surface area contributed by atoms with E-state index in [1.165, 1.54) is 6.33 Å². The first-order valence-corrected chi connectivity index (χ1v) is 6.80. The lowest BCUT2D eigenvalue weighted by Gasteiger charge is -2.11. The van der Waals surface area contributed by atoms with Gasteiger partial charge in [-0.1, -0.05) is 36.5 Å². The van der Waals surface area contributed by atoms with Gasteiger partial charge in [-0.25, -0.2) is 9.97 Å². The van der Waals surface area contributed by atoms with Crippen LogP contribution in [0.25, 0.3) is 0 Å². The molecule has 3 nitrogen and oxygen atoms in total. The number of hydrogen-bond donors (Lipinski definition) is 0. The second-order valence-corrected chi connectivity index (χ2v) is 4.98. The fourth-order valence-corrected chi connectivity index (χ4v) is 2.05. The van der Waals surface area contributed by atoms with Gasteiger partial charge >= 0.3 is 0 Å². The Labute approximate surface area is 122 Å². The summed E-state index contributed by atoms with van der Waals surface area (Å²) in [4.78, 5) is 8.14. The second kappa shape index (κ2) is 6.22. The Morgan fingerprint density at radius 1 is 1.21 bits per heavy atom. The van der Waals surface area contributed by atoms with Gasteiger partial charge in [0.05, 0.1) is 5.56 Å². The van der Waals surface area contributed by atoms with Crippen LogP contribution in [0.5, 0.6) is 11.6 Å². The van der Waals surface area contributed by atoms with Gasteiger partial charge in [0.1, 0.15) is 17.2 Å². The molecule has 0 bridgehead atoms. The molecule has 1 aromatic heterocycles. The molecule has 0 aliphatic heterocycles. The zero-order valence-electron chi connectivity index (χ0n) is 10.8. The monoisotopic (exact) mass is 296 g/mol. The van der Waals surface area contributed by atoms with Crippen molar-refractivity contribution in [2.24, 2.45) is 0 Å². The van der Waals surface area contributed by atoms with Gasteiger partial charge in [0.2, 0.25) is 5.88 Å². The second-order valence-electron chi connectivity index (χ2n) is 4.21. The maximum absolute atomic E-state index is 6.08. The Balaban J connectivity index is 2.32. The Hall–Kier alpha value is -1.32. The van der Waals surface area contributed by atoms with Crippen molar-refractivity contribution >= 4 is 23.2 Å². The highest BCUT2D eigenvalue weighted by molar-refractivity contribution is 6.31.